The third-order valence-corrected chi connectivity index (χ3v) is 5.70. The second kappa shape index (κ2) is 8.13. The van der Waals surface area contributed by atoms with Crippen LogP contribution in [0.4, 0.5) is 4.39 Å². The second-order valence-corrected chi connectivity index (χ2v) is 7.98. The molecule has 0 amide bonds. The molecule has 6 heteroatoms. The van der Waals surface area contributed by atoms with Crippen molar-refractivity contribution in [2.75, 3.05) is 13.8 Å². The van der Waals surface area contributed by atoms with Crippen LogP contribution in [0.3, 0.4) is 0 Å². The number of ether oxygens (including phenoxy) is 3. The molecule has 0 N–H and O–H groups in total. The fraction of sp³-hybridized carbons (Fsp3) is 0.192. The maximum absolute atomic E-state index is 13.2. The first-order valence-corrected chi connectivity index (χ1v) is 10.4. The molecule has 0 bridgehead atoms. The average molecular weight is 431 g/mol. The molecule has 2 heterocycles. The number of allylic oxidation sites excluding steroid dienone is 1. The molecule has 0 saturated carbocycles. The highest BCUT2D eigenvalue weighted by atomic mass is 19.1. The topological polar surface area (TPSA) is 48.0 Å². The molecule has 0 aliphatic carbocycles. The highest BCUT2D eigenvalue weighted by Gasteiger charge is 2.35. The highest BCUT2D eigenvalue weighted by molar-refractivity contribution is 6.15. The summed E-state index contributed by atoms with van der Waals surface area (Å²) in [5.74, 6) is 1.87. The summed E-state index contributed by atoms with van der Waals surface area (Å²) in [5.41, 5.74) is 4.05. The monoisotopic (exact) mass is 431 g/mol. The maximum atomic E-state index is 13.2. The minimum Gasteiger partial charge on any atom is -0.497 e. The van der Waals surface area contributed by atoms with Crippen molar-refractivity contribution in [3.63, 3.8) is 0 Å². The van der Waals surface area contributed by atoms with E-state index in [1.807, 2.05) is 37.3 Å². The number of benzene rings is 3. The molecule has 3 aromatic carbocycles. The molecule has 32 heavy (non-hydrogen) atoms. The smallest absolute Gasteiger partial charge is 0.232 e. The van der Waals surface area contributed by atoms with Gasteiger partial charge < -0.3 is 14.2 Å². The third kappa shape index (κ3) is 3.74. The normalized spacial score (nSPS) is 16.3. The number of hydrogen-bond acceptors (Lipinski definition) is 5. The summed E-state index contributed by atoms with van der Waals surface area (Å²) in [6, 6.07) is 15.8. The number of Topliss-reactive ketones (excluding diaryl/α,β-unsaturated/α-hetero) is 1. The Kier molecular flexibility index (Phi) is 5.15. The number of fused-ring (bicyclic) bond motifs is 3. The summed E-state index contributed by atoms with van der Waals surface area (Å²) >= 11 is 0. The molecule has 162 valence electrons. The first-order valence-electron chi connectivity index (χ1n) is 10.4. The first-order chi connectivity index (χ1) is 15.5. The number of rotatable bonds is 4. The number of ketones is 1. The number of halogens is 1. The number of methoxy groups -OCH3 is 1. The zero-order valence-corrected chi connectivity index (χ0v) is 17.9. The van der Waals surface area contributed by atoms with Crippen molar-refractivity contribution >= 4 is 11.9 Å². The van der Waals surface area contributed by atoms with Gasteiger partial charge in [-0.2, -0.15) is 0 Å². The van der Waals surface area contributed by atoms with E-state index in [-0.39, 0.29) is 17.4 Å². The Labute approximate surface area is 185 Å². The van der Waals surface area contributed by atoms with Crippen LogP contribution in [0.1, 0.15) is 32.6 Å². The van der Waals surface area contributed by atoms with Gasteiger partial charge in [0.2, 0.25) is 5.78 Å². The van der Waals surface area contributed by atoms with Crippen LogP contribution in [0, 0.1) is 12.7 Å². The summed E-state index contributed by atoms with van der Waals surface area (Å²) in [5, 5.41) is 0. The summed E-state index contributed by atoms with van der Waals surface area (Å²) in [4.78, 5) is 15.2. The van der Waals surface area contributed by atoms with Crippen LogP contribution in [0.5, 0.6) is 17.2 Å². The fourth-order valence-electron chi connectivity index (χ4n) is 4.11. The van der Waals surface area contributed by atoms with Crippen molar-refractivity contribution in [3.05, 3.63) is 94.0 Å². The predicted molar refractivity (Wildman–Crippen MR) is 118 cm³/mol. The van der Waals surface area contributed by atoms with Gasteiger partial charge in [0, 0.05) is 13.1 Å². The lowest BCUT2D eigenvalue weighted by Crippen LogP contribution is -2.31. The minimum atomic E-state index is -0.260. The largest absolute Gasteiger partial charge is 0.497 e. The van der Waals surface area contributed by atoms with Gasteiger partial charge in [-0.25, -0.2) is 4.39 Å². The maximum Gasteiger partial charge on any atom is 0.232 e. The van der Waals surface area contributed by atoms with E-state index in [0.29, 0.717) is 36.9 Å². The summed E-state index contributed by atoms with van der Waals surface area (Å²) in [6.07, 6.45) is 1.73. The van der Waals surface area contributed by atoms with Crippen molar-refractivity contribution in [1.29, 1.82) is 0 Å². The number of hydrogen-bond donors (Lipinski definition) is 0. The highest BCUT2D eigenvalue weighted by Crippen LogP contribution is 2.44. The van der Waals surface area contributed by atoms with Gasteiger partial charge in [0.15, 0.2) is 5.76 Å². The molecule has 0 fully saturated rings. The summed E-state index contributed by atoms with van der Waals surface area (Å²) in [6.45, 7) is 3.46. The molecule has 0 unspecified atom stereocenters. The van der Waals surface area contributed by atoms with Crippen molar-refractivity contribution < 1.29 is 23.4 Å². The fourth-order valence-corrected chi connectivity index (χ4v) is 4.11. The molecule has 5 nitrogen and oxygen atoms in total. The Morgan fingerprint density at radius 3 is 2.75 bits per heavy atom. The number of aryl methyl sites for hydroxylation is 1. The van der Waals surface area contributed by atoms with E-state index >= 15 is 0 Å². The van der Waals surface area contributed by atoms with Gasteiger partial charge in [-0.1, -0.05) is 24.3 Å². The van der Waals surface area contributed by atoms with Crippen LogP contribution in [0.25, 0.3) is 6.08 Å². The van der Waals surface area contributed by atoms with Crippen molar-refractivity contribution in [1.82, 2.24) is 4.90 Å². The van der Waals surface area contributed by atoms with E-state index in [9.17, 15) is 9.18 Å². The second-order valence-electron chi connectivity index (χ2n) is 7.98. The Morgan fingerprint density at radius 1 is 1.16 bits per heavy atom. The van der Waals surface area contributed by atoms with Crippen LogP contribution >= 0.6 is 0 Å². The van der Waals surface area contributed by atoms with Crippen LogP contribution < -0.4 is 14.2 Å². The van der Waals surface area contributed by atoms with Crippen molar-refractivity contribution in [2.45, 2.75) is 20.0 Å². The summed E-state index contributed by atoms with van der Waals surface area (Å²) in [7, 11) is 1.60. The average Bonchev–Trinajstić information content (AvgIpc) is 3.13. The molecular weight excluding hydrogens is 409 g/mol. The van der Waals surface area contributed by atoms with Gasteiger partial charge in [-0.3, -0.25) is 9.69 Å². The van der Waals surface area contributed by atoms with Crippen molar-refractivity contribution in [3.8, 4) is 17.2 Å². The third-order valence-electron chi connectivity index (χ3n) is 5.70. The Hall–Kier alpha value is -3.64. The Balaban J connectivity index is 1.45. The predicted octanol–water partition coefficient (Wildman–Crippen LogP) is 5.11. The Morgan fingerprint density at radius 2 is 1.97 bits per heavy atom. The van der Waals surface area contributed by atoms with E-state index in [0.717, 1.165) is 28.0 Å². The lowest BCUT2D eigenvalue weighted by Gasteiger charge is -2.30. The van der Waals surface area contributed by atoms with Crippen molar-refractivity contribution in [2.24, 2.45) is 0 Å². The van der Waals surface area contributed by atoms with Gasteiger partial charge in [0.1, 0.15) is 29.8 Å². The standard InChI is InChI=1S/C26H22FNO4/c1-16-10-22-21(14-28(15-31-22)13-17-6-8-19(27)9-7-17)26-24(16)25(29)23(32-26)12-18-4-3-5-20(11-18)30-2/h3-12H,13-15H2,1-2H3/b23-12-. The van der Waals surface area contributed by atoms with Crippen LogP contribution in [0.15, 0.2) is 60.4 Å². The molecule has 5 rings (SSSR count). The summed E-state index contributed by atoms with van der Waals surface area (Å²) < 4.78 is 30.6. The van der Waals surface area contributed by atoms with Gasteiger partial charge in [0.25, 0.3) is 0 Å². The zero-order valence-electron chi connectivity index (χ0n) is 17.9. The number of carbonyl (C=O) groups is 1. The molecule has 2 aliphatic heterocycles. The quantitative estimate of drug-likeness (QED) is 0.537. The number of carbonyl (C=O) groups excluding carboxylic acids is 1. The zero-order chi connectivity index (χ0) is 22.2. The van der Waals surface area contributed by atoms with E-state index in [1.54, 1.807) is 25.3 Å². The van der Waals surface area contributed by atoms with Gasteiger partial charge in [0.05, 0.1) is 18.2 Å². The molecular formula is C26H22FNO4. The number of nitrogens with zero attached hydrogens (tertiary/aromatic N) is 1. The van der Waals surface area contributed by atoms with Crippen LogP contribution in [-0.2, 0) is 13.1 Å². The molecule has 0 atom stereocenters. The molecule has 3 aromatic rings. The van der Waals surface area contributed by atoms with Crippen LogP contribution in [-0.4, -0.2) is 24.5 Å². The van der Waals surface area contributed by atoms with Crippen LogP contribution in [0.2, 0.25) is 0 Å². The van der Waals surface area contributed by atoms with E-state index < -0.39 is 0 Å². The van der Waals surface area contributed by atoms with E-state index in [1.165, 1.54) is 12.1 Å². The van der Waals surface area contributed by atoms with Gasteiger partial charge in [-0.05, 0) is 60.0 Å². The SMILES string of the molecule is COc1cccc(/C=C2\Oc3c4c(cc(C)c3C2=O)OCN(Cc2ccc(F)cc2)C4)c1. The molecule has 0 radical (unpaired) electrons. The van der Waals surface area contributed by atoms with E-state index in [2.05, 4.69) is 4.90 Å². The Bertz CT molecular complexity index is 1230. The van der Waals surface area contributed by atoms with Gasteiger partial charge >= 0.3 is 0 Å². The lowest BCUT2D eigenvalue weighted by atomic mass is 9.98. The first kappa shape index (κ1) is 20.3. The molecule has 0 aromatic heterocycles. The minimum absolute atomic E-state index is 0.140. The molecule has 2 aliphatic rings. The molecule has 0 saturated heterocycles. The molecule has 0 spiro atoms. The lowest BCUT2D eigenvalue weighted by molar-refractivity contribution is 0.0872. The van der Waals surface area contributed by atoms with Gasteiger partial charge in [-0.15, -0.1) is 0 Å². The van der Waals surface area contributed by atoms with E-state index in [4.69, 9.17) is 14.2 Å².